The standard InChI is InChI=1S/C21H24N6O3/c1-29-9-10-30-14-4-6-17-18(12-14)25-20(24-17)19-15-11-13(3-5-16(15)26-27-19)21(28)23-8-2-7-22/h3-6,11-12H,2,7-10,22H2,1H3,(H,23,28)(H,24,25)(H,26,27). The first-order valence-electron chi connectivity index (χ1n) is 9.78. The van der Waals surface area contributed by atoms with Crippen molar-refractivity contribution < 1.29 is 14.3 Å². The first-order chi connectivity index (χ1) is 14.7. The number of carbonyl (C=O) groups is 1. The molecule has 0 aliphatic heterocycles. The van der Waals surface area contributed by atoms with Gasteiger partial charge in [0.15, 0.2) is 5.82 Å². The van der Waals surface area contributed by atoms with E-state index >= 15 is 0 Å². The summed E-state index contributed by atoms with van der Waals surface area (Å²) in [6, 6.07) is 11.1. The van der Waals surface area contributed by atoms with E-state index in [0.29, 0.717) is 43.4 Å². The maximum atomic E-state index is 12.4. The molecule has 0 aliphatic rings. The zero-order valence-electron chi connectivity index (χ0n) is 16.7. The molecule has 0 saturated carbocycles. The highest BCUT2D eigenvalue weighted by Crippen LogP contribution is 2.28. The van der Waals surface area contributed by atoms with Crippen LogP contribution in [0.4, 0.5) is 0 Å². The molecule has 2 heterocycles. The van der Waals surface area contributed by atoms with Crippen molar-refractivity contribution >= 4 is 27.8 Å². The van der Waals surface area contributed by atoms with E-state index in [4.69, 9.17) is 15.2 Å². The van der Waals surface area contributed by atoms with Crippen LogP contribution in [0, 0.1) is 0 Å². The second-order valence-electron chi connectivity index (χ2n) is 6.84. The highest BCUT2D eigenvalue weighted by Gasteiger charge is 2.15. The van der Waals surface area contributed by atoms with Crippen LogP contribution in [0.2, 0.25) is 0 Å². The number of nitrogens with zero attached hydrogens (tertiary/aromatic N) is 2. The summed E-state index contributed by atoms with van der Waals surface area (Å²) in [6.07, 6.45) is 0.737. The Balaban J connectivity index is 1.62. The van der Waals surface area contributed by atoms with E-state index in [0.717, 1.165) is 34.1 Å². The number of ether oxygens (including phenoxy) is 2. The largest absolute Gasteiger partial charge is 0.491 e. The summed E-state index contributed by atoms with van der Waals surface area (Å²) in [5.74, 6) is 1.21. The van der Waals surface area contributed by atoms with Gasteiger partial charge in [0, 0.05) is 30.7 Å². The lowest BCUT2D eigenvalue weighted by atomic mass is 10.1. The Morgan fingerprint density at radius 1 is 1.17 bits per heavy atom. The summed E-state index contributed by atoms with van der Waals surface area (Å²) in [7, 11) is 1.64. The number of hydrogen-bond acceptors (Lipinski definition) is 6. The van der Waals surface area contributed by atoms with E-state index < -0.39 is 0 Å². The lowest BCUT2D eigenvalue weighted by Crippen LogP contribution is -2.25. The molecule has 1 amide bonds. The number of carbonyl (C=O) groups excluding carboxylic acids is 1. The van der Waals surface area contributed by atoms with E-state index in [1.807, 2.05) is 30.3 Å². The Bertz CT molecular complexity index is 1170. The molecule has 0 unspecified atom stereocenters. The molecule has 0 radical (unpaired) electrons. The van der Waals surface area contributed by atoms with Crippen LogP contribution in [0.1, 0.15) is 16.8 Å². The van der Waals surface area contributed by atoms with Gasteiger partial charge in [-0.1, -0.05) is 0 Å². The second-order valence-corrected chi connectivity index (χ2v) is 6.84. The first-order valence-corrected chi connectivity index (χ1v) is 9.78. The summed E-state index contributed by atoms with van der Waals surface area (Å²) in [5, 5.41) is 11.1. The van der Waals surface area contributed by atoms with Crippen molar-refractivity contribution in [3.63, 3.8) is 0 Å². The van der Waals surface area contributed by atoms with Gasteiger partial charge >= 0.3 is 0 Å². The van der Waals surface area contributed by atoms with E-state index in [9.17, 15) is 4.79 Å². The van der Waals surface area contributed by atoms with Crippen LogP contribution in [0.15, 0.2) is 36.4 Å². The van der Waals surface area contributed by atoms with Gasteiger partial charge < -0.3 is 25.5 Å². The molecule has 4 rings (SSSR count). The van der Waals surface area contributed by atoms with Crippen molar-refractivity contribution in [3.05, 3.63) is 42.0 Å². The van der Waals surface area contributed by atoms with Gasteiger partial charge in [0.25, 0.3) is 5.91 Å². The van der Waals surface area contributed by atoms with Crippen molar-refractivity contribution in [1.82, 2.24) is 25.5 Å². The summed E-state index contributed by atoms with van der Waals surface area (Å²) >= 11 is 0. The molecule has 4 aromatic rings. The minimum atomic E-state index is -0.139. The third-order valence-corrected chi connectivity index (χ3v) is 4.73. The van der Waals surface area contributed by atoms with Gasteiger partial charge in [0.05, 0.1) is 23.2 Å². The number of nitrogens with two attached hydrogens (primary N) is 1. The van der Waals surface area contributed by atoms with Crippen LogP contribution in [0.5, 0.6) is 5.75 Å². The molecule has 0 spiro atoms. The number of H-pyrrole nitrogens is 2. The van der Waals surface area contributed by atoms with Crippen molar-refractivity contribution in [3.8, 4) is 17.3 Å². The van der Waals surface area contributed by atoms with Gasteiger partial charge in [-0.2, -0.15) is 5.10 Å². The summed E-state index contributed by atoms with van der Waals surface area (Å²) in [6.45, 7) is 2.08. The zero-order chi connectivity index (χ0) is 20.9. The molecule has 0 fully saturated rings. The minimum Gasteiger partial charge on any atom is -0.491 e. The summed E-state index contributed by atoms with van der Waals surface area (Å²) in [4.78, 5) is 20.3. The number of hydrogen-bond donors (Lipinski definition) is 4. The molecule has 0 aliphatic carbocycles. The van der Waals surface area contributed by atoms with E-state index in [-0.39, 0.29) is 5.91 Å². The number of aromatic amines is 2. The van der Waals surface area contributed by atoms with Gasteiger partial charge in [-0.25, -0.2) is 4.98 Å². The highest BCUT2D eigenvalue weighted by atomic mass is 16.5. The van der Waals surface area contributed by atoms with E-state index in [2.05, 4.69) is 25.5 Å². The number of aromatic nitrogens is 4. The van der Waals surface area contributed by atoms with Crippen LogP contribution in [-0.4, -0.2) is 59.5 Å². The second kappa shape index (κ2) is 8.93. The molecule has 156 valence electrons. The molecule has 0 bridgehead atoms. The van der Waals surface area contributed by atoms with Crippen molar-refractivity contribution in [1.29, 1.82) is 0 Å². The van der Waals surface area contributed by atoms with E-state index in [1.54, 1.807) is 13.2 Å². The number of methoxy groups -OCH3 is 1. The van der Waals surface area contributed by atoms with Crippen LogP contribution in [0.25, 0.3) is 33.5 Å². The number of imidazole rings is 1. The van der Waals surface area contributed by atoms with Gasteiger partial charge in [-0.05, 0) is 43.3 Å². The average Bonchev–Trinajstić information content (AvgIpc) is 3.37. The zero-order valence-corrected chi connectivity index (χ0v) is 16.7. The number of fused-ring (bicyclic) bond motifs is 2. The molecule has 5 N–H and O–H groups in total. The Labute approximate surface area is 173 Å². The SMILES string of the molecule is COCCOc1ccc2nc(-c3n[nH]c4ccc(C(=O)NCCCN)cc34)[nH]c2c1. The normalized spacial score (nSPS) is 11.3. The molecular weight excluding hydrogens is 384 g/mol. The smallest absolute Gasteiger partial charge is 0.251 e. The molecule has 9 nitrogen and oxygen atoms in total. The van der Waals surface area contributed by atoms with E-state index in [1.165, 1.54) is 0 Å². The fourth-order valence-corrected chi connectivity index (χ4v) is 3.18. The Morgan fingerprint density at radius 2 is 2.07 bits per heavy atom. The first kappa shape index (κ1) is 19.9. The maximum Gasteiger partial charge on any atom is 0.251 e. The number of rotatable bonds is 9. The molecule has 0 atom stereocenters. The predicted octanol–water partition coefficient (Wildman–Crippen LogP) is 2.21. The molecule has 2 aromatic carbocycles. The fourth-order valence-electron chi connectivity index (χ4n) is 3.18. The maximum absolute atomic E-state index is 12.4. The van der Waals surface area contributed by atoms with Gasteiger partial charge in [-0.15, -0.1) is 0 Å². The lowest BCUT2D eigenvalue weighted by Gasteiger charge is -2.04. The number of nitrogens with one attached hydrogen (secondary N) is 3. The molecule has 30 heavy (non-hydrogen) atoms. The van der Waals surface area contributed by atoms with Crippen LogP contribution in [-0.2, 0) is 4.74 Å². The lowest BCUT2D eigenvalue weighted by molar-refractivity contribution is 0.0953. The van der Waals surface area contributed by atoms with Crippen molar-refractivity contribution in [2.45, 2.75) is 6.42 Å². The number of amides is 1. The molecule has 2 aromatic heterocycles. The average molecular weight is 408 g/mol. The van der Waals surface area contributed by atoms with Crippen LogP contribution in [0.3, 0.4) is 0 Å². The van der Waals surface area contributed by atoms with Gasteiger partial charge in [-0.3, -0.25) is 9.89 Å². The van der Waals surface area contributed by atoms with Crippen molar-refractivity contribution in [2.24, 2.45) is 5.73 Å². The number of benzene rings is 2. The highest BCUT2D eigenvalue weighted by molar-refractivity contribution is 6.01. The molecule has 0 saturated heterocycles. The molecule has 9 heteroatoms. The third kappa shape index (κ3) is 4.12. The molecular formula is C21H24N6O3. The Hall–Kier alpha value is -3.43. The van der Waals surface area contributed by atoms with Crippen LogP contribution < -0.4 is 15.8 Å². The van der Waals surface area contributed by atoms with Gasteiger partial charge in [0.2, 0.25) is 0 Å². The summed E-state index contributed by atoms with van der Waals surface area (Å²) in [5.41, 5.74) is 9.16. The third-order valence-electron chi connectivity index (χ3n) is 4.73. The Kier molecular flexibility index (Phi) is 5.92. The quantitative estimate of drug-likeness (QED) is 0.314. The summed E-state index contributed by atoms with van der Waals surface area (Å²) < 4.78 is 10.7. The monoisotopic (exact) mass is 408 g/mol. The Morgan fingerprint density at radius 3 is 2.90 bits per heavy atom. The van der Waals surface area contributed by atoms with Crippen LogP contribution >= 0.6 is 0 Å². The fraction of sp³-hybridized carbons (Fsp3) is 0.286. The topological polar surface area (TPSA) is 131 Å². The minimum absolute atomic E-state index is 0.139. The van der Waals surface area contributed by atoms with Gasteiger partial charge in [0.1, 0.15) is 18.1 Å². The predicted molar refractivity (Wildman–Crippen MR) is 115 cm³/mol. The van der Waals surface area contributed by atoms with Crippen molar-refractivity contribution in [2.75, 3.05) is 33.4 Å².